The SMILES string of the molecule is N.O.O=P([O-])([O-])[O-].O=P([O-])([O-])[O-].O=P([O-])([O-])[O-].O=P([O-])([O-])[O-].[Ca+2].[Ca+2].[Ca+2].[Ca+2].[Ca+2].[Zn+2]. The molecule has 0 unspecified atom stereocenters. The normalized spacial score (nSPS) is 8.43. The summed E-state index contributed by atoms with van der Waals surface area (Å²) >= 11 is 0. The van der Waals surface area contributed by atoms with Crippen molar-refractivity contribution in [2.24, 2.45) is 0 Å². The van der Waals surface area contributed by atoms with Crippen molar-refractivity contribution < 1.29 is 102 Å². The Balaban J connectivity index is -0.0000000111. The quantitative estimate of drug-likeness (QED) is 0.183. The van der Waals surface area contributed by atoms with Crippen LogP contribution in [0.4, 0.5) is 0 Å². The molecule has 0 radical (unpaired) electrons. The molecule has 18 nitrogen and oxygen atoms in total. The van der Waals surface area contributed by atoms with Gasteiger partial charge in [0.1, 0.15) is 0 Å². The molecule has 0 aliphatic heterocycles. The molecule has 0 aromatic rings. The van der Waals surface area contributed by atoms with Crippen LogP contribution in [0.3, 0.4) is 0 Å². The van der Waals surface area contributed by atoms with Crippen LogP contribution in [-0.2, 0) is 37.7 Å². The first-order valence-electron chi connectivity index (χ1n) is 2.92. The molecule has 5 N–H and O–H groups in total. The molecule has 0 aliphatic carbocycles. The summed E-state index contributed by atoms with van der Waals surface area (Å²) in [5.41, 5.74) is 0. The zero-order chi connectivity index (χ0) is 18.0. The predicted molar refractivity (Wildman–Crippen MR) is 67.8 cm³/mol. The molecule has 0 rings (SSSR count). The van der Waals surface area contributed by atoms with Crippen LogP contribution in [0.2, 0.25) is 0 Å². The van der Waals surface area contributed by atoms with E-state index in [4.69, 9.17) is 77.0 Å². The maximum atomic E-state index is 8.55. The van der Waals surface area contributed by atoms with Gasteiger partial charge in [-0.25, -0.2) is 0 Å². The summed E-state index contributed by atoms with van der Waals surface area (Å²) in [6.45, 7) is 0. The van der Waals surface area contributed by atoms with Crippen molar-refractivity contribution in [1.29, 1.82) is 0 Å². The molecular weight excluding hydrogens is 676 g/mol. The van der Waals surface area contributed by atoms with Crippen LogP contribution in [-0.4, -0.2) is 194 Å². The van der Waals surface area contributed by atoms with Gasteiger partial charge in [0.15, 0.2) is 0 Å². The van der Waals surface area contributed by atoms with Crippen LogP contribution in [0.25, 0.3) is 0 Å². The van der Waals surface area contributed by atoms with Gasteiger partial charge in [-0.05, 0) is 0 Å². The Hall–Kier alpha value is 7.28. The van der Waals surface area contributed by atoms with Crippen molar-refractivity contribution in [2.45, 2.75) is 0 Å². The van der Waals surface area contributed by atoms with Gasteiger partial charge < -0.3 is 88.6 Å². The maximum absolute atomic E-state index is 8.55. The molecule has 144 valence electrons. The van der Waals surface area contributed by atoms with E-state index in [1.54, 1.807) is 0 Å². The molecule has 0 saturated carbocycles. The minimum Gasteiger partial charge on any atom is -0.822 e. The number of hydrogen-bond donors (Lipinski definition) is 1. The summed E-state index contributed by atoms with van der Waals surface area (Å²) in [5.74, 6) is 0. The first kappa shape index (κ1) is 76.5. The fourth-order valence-electron chi connectivity index (χ4n) is 0. The molecule has 0 bridgehead atoms. The van der Waals surface area contributed by atoms with Crippen molar-refractivity contribution in [1.82, 2.24) is 6.15 Å². The van der Waals surface area contributed by atoms with Gasteiger partial charge >= 0.3 is 208 Å². The monoisotopic (exact) mass is 679 g/mol. The summed E-state index contributed by atoms with van der Waals surface area (Å²) in [7, 11) is -21.6. The van der Waals surface area contributed by atoms with Crippen LogP contribution in [0.1, 0.15) is 0 Å². The van der Waals surface area contributed by atoms with E-state index in [-0.39, 0.29) is 220 Å². The first-order chi connectivity index (χ1) is 8.00. The van der Waals surface area contributed by atoms with Crippen LogP contribution < -0.4 is 64.9 Å². The Kier molecular flexibility index (Phi) is 106. The molecule has 0 amide bonds. The summed E-state index contributed by atoms with van der Waals surface area (Å²) in [4.78, 5) is 103. The van der Waals surface area contributed by atoms with Gasteiger partial charge in [0.05, 0.1) is 0 Å². The van der Waals surface area contributed by atoms with Crippen LogP contribution in [0.5, 0.6) is 0 Å². The number of rotatable bonds is 0. The second-order valence-corrected chi connectivity index (χ2v) is 5.37. The Labute approximate surface area is 320 Å². The standard InChI is InChI=1S/5Ca.H3N.4H3O4P.H2O.Zn/c;;;;;;4*1-5(2,3)4;;/h;;;;;1H3;4*(H3,1,2,3,4);1H2;/q5*+2;;;;;;;+2/p-12. The van der Waals surface area contributed by atoms with E-state index < -0.39 is 31.3 Å². The van der Waals surface area contributed by atoms with Gasteiger partial charge in [-0.1, -0.05) is 0 Å². The molecule has 0 aromatic carbocycles. The van der Waals surface area contributed by atoms with E-state index in [1.807, 2.05) is 0 Å². The Morgan fingerprint density at radius 3 is 0.357 bits per heavy atom. The molecule has 0 saturated heterocycles. The van der Waals surface area contributed by atoms with Crippen LogP contribution in [0.15, 0.2) is 0 Å². The average molecular weight is 681 g/mol. The van der Waals surface area contributed by atoms with Crippen LogP contribution in [0, 0.1) is 0 Å². The van der Waals surface area contributed by atoms with Gasteiger partial charge in [0, 0.05) is 0 Å². The van der Waals surface area contributed by atoms with Gasteiger partial charge in [-0.15, -0.1) is 0 Å². The van der Waals surface area contributed by atoms with Gasteiger partial charge in [-0.2, -0.15) is 31.3 Å². The topological polar surface area (TPSA) is 412 Å². The van der Waals surface area contributed by atoms with E-state index in [0.717, 1.165) is 0 Å². The molecule has 0 aliphatic rings. The molecule has 28 heavy (non-hydrogen) atoms. The van der Waals surface area contributed by atoms with E-state index in [0.29, 0.717) is 0 Å². The minimum atomic E-state index is -5.39. The number of hydrogen-bond acceptors (Lipinski definition) is 17. The van der Waals surface area contributed by atoms with Crippen molar-refractivity contribution in [2.75, 3.05) is 0 Å². The molecule has 0 atom stereocenters. The fourth-order valence-corrected chi connectivity index (χ4v) is 0. The van der Waals surface area contributed by atoms with E-state index in [2.05, 4.69) is 0 Å². The predicted octanol–water partition coefficient (Wildman–Crippen LogP) is -13.9. The van der Waals surface area contributed by atoms with Crippen molar-refractivity contribution in [3.05, 3.63) is 0 Å². The third-order valence-corrected chi connectivity index (χ3v) is 0. The van der Waals surface area contributed by atoms with Gasteiger partial charge in [0.2, 0.25) is 0 Å². The molecule has 0 spiro atoms. The molecule has 0 fully saturated rings. The minimum absolute atomic E-state index is 0. The smallest absolute Gasteiger partial charge is 0.822 e. The van der Waals surface area contributed by atoms with Gasteiger partial charge in [0.25, 0.3) is 0 Å². The Morgan fingerprint density at radius 2 is 0.357 bits per heavy atom. The second kappa shape index (κ2) is 38.8. The van der Waals surface area contributed by atoms with E-state index in [9.17, 15) is 0 Å². The third kappa shape index (κ3) is 654. The van der Waals surface area contributed by atoms with Crippen LogP contribution >= 0.6 is 31.3 Å². The molecule has 0 heterocycles. The van der Waals surface area contributed by atoms with Gasteiger partial charge in [-0.3, -0.25) is 0 Å². The fraction of sp³-hybridized carbons (Fsp3) is 0. The number of phosphoric acid groups is 4. The molecule has 28 heteroatoms. The summed E-state index contributed by atoms with van der Waals surface area (Å²) in [5, 5.41) is 0. The van der Waals surface area contributed by atoms with Crippen molar-refractivity contribution >= 4 is 220 Å². The first-order valence-corrected chi connectivity index (χ1v) is 8.76. The Morgan fingerprint density at radius 1 is 0.357 bits per heavy atom. The molecular formula is H5Ca5NO17P4Zn. The Bertz CT molecular complexity index is 310. The zero-order valence-electron chi connectivity index (χ0n) is 13.8. The van der Waals surface area contributed by atoms with E-state index in [1.165, 1.54) is 0 Å². The summed E-state index contributed by atoms with van der Waals surface area (Å²) < 4.78 is 34.2. The van der Waals surface area contributed by atoms with E-state index >= 15 is 0 Å². The average Bonchev–Trinajstić information content (AvgIpc) is 1.62. The van der Waals surface area contributed by atoms with Crippen molar-refractivity contribution in [3.8, 4) is 0 Å². The van der Waals surface area contributed by atoms with Crippen molar-refractivity contribution in [3.63, 3.8) is 0 Å². The summed E-state index contributed by atoms with van der Waals surface area (Å²) in [6, 6.07) is 0. The third-order valence-electron chi connectivity index (χ3n) is 0. The zero-order valence-corrected chi connectivity index (χ0v) is 31.4. The second-order valence-electron chi connectivity index (χ2n) is 1.79. The summed E-state index contributed by atoms with van der Waals surface area (Å²) in [6.07, 6.45) is 0. The maximum Gasteiger partial charge on any atom is 2.00 e. The molecule has 0 aromatic heterocycles. The largest absolute Gasteiger partial charge is 2.00 e.